The predicted molar refractivity (Wildman–Crippen MR) is 94.5 cm³/mol. The molecule has 7 nitrogen and oxygen atoms in total. The highest BCUT2D eigenvalue weighted by molar-refractivity contribution is 7.15. The van der Waals surface area contributed by atoms with Crippen molar-refractivity contribution >= 4 is 56.9 Å². The van der Waals surface area contributed by atoms with Crippen LogP contribution in [0.5, 0.6) is 0 Å². The molecule has 0 bridgehead atoms. The van der Waals surface area contributed by atoms with E-state index in [0.29, 0.717) is 16.4 Å². The van der Waals surface area contributed by atoms with E-state index in [1.54, 1.807) is 23.7 Å². The van der Waals surface area contributed by atoms with Crippen molar-refractivity contribution in [2.75, 3.05) is 6.61 Å². The van der Waals surface area contributed by atoms with Crippen molar-refractivity contribution in [2.45, 2.75) is 13.5 Å². The lowest BCUT2D eigenvalue weighted by Crippen LogP contribution is -2.18. The lowest BCUT2D eigenvalue weighted by Gasteiger charge is -2.03. The maximum Gasteiger partial charge on any atom is 0.359 e. The fourth-order valence-electron chi connectivity index (χ4n) is 2.05. The number of amides is 1. The zero-order valence-corrected chi connectivity index (χ0v) is 15.3. The molecule has 3 rings (SSSR count). The van der Waals surface area contributed by atoms with Crippen LogP contribution in [-0.2, 0) is 16.1 Å². The number of fused-ring (bicyclic) bond motifs is 1. The first-order chi connectivity index (χ1) is 12.0. The highest BCUT2D eigenvalue weighted by Crippen LogP contribution is 2.22. The quantitative estimate of drug-likeness (QED) is 0.510. The number of Topliss-reactive ketones (excluding diaryl/α,β-unsaturated/α-hetero) is 1. The third kappa shape index (κ3) is 3.89. The molecular weight excluding hydrogens is 386 g/mol. The average Bonchev–Trinajstić information content (AvgIpc) is 3.25. The summed E-state index contributed by atoms with van der Waals surface area (Å²) in [7, 11) is 0. The summed E-state index contributed by atoms with van der Waals surface area (Å²) in [4.78, 5) is 41.2. The van der Waals surface area contributed by atoms with E-state index in [1.165, 1.54) is 34.0 Å². The summed E-state index contributed by atoms with van der Waals surface area (Å²) in [5.74, 6) is -1.18. The summed E-state index contributed by atoms with van der Waals surface area (Å²) in [6, 6.07) is 3.39. The molecule has 3 aromatic heterocycles. The first-order valence-corrected chi connectivity index (χ1v) is 9.17. The van der Waals surface area contributed by atoms with Gasteiger partial charge in [0.05, 0.1) is 11.4 Å². The number of aromatic nitrogens is 2. The second-order valence-electron chi connectivity index (χ2n) is 4.98. The normalized spacial score (nSPS) is 10.8. The summed E-state index contributed by atoms with van der Waals surface area (Å²) >= 11 is 8.53. The Balaban J connectivity index is 1.62. The number of esters is 1. The molecule has 130 valence electrons. The molecule has 3 aromatic rings. The molecule has 0 spiro atoms. The fraction of sp³-hybridized carbons (Fsp3) is 0.200. The van der Waals surface area contributed by atoms with Gasteiger partial charge < -0.3 is 10.1 Å². The minimum atomic E-state index is -0.709. The van der Waals surface area contributed by atoms with E-state index < -0.39 is 12.6 Å². The van der Waals surface area contributed by atoms with Gasteiger partial charge in [0.1, 0.15) is 0 Å². The molecule has 0 fully saturated rings. The van der Waals surface area contributed by atoms with Crippen LogP contribution in [-0.4, -0.2) is 33.7 Å². The number of ether oxygens (including phenoxy) is 1. The second-order valence-corrected chi connectivity index (χ2v) is 7.38. The van der Waals surface area contributed by atoms with E-state index in [0.717, 1.165) is 4.88 Å². The summed E-state index contributed by atoms with van der Waals surface area (Å²) < 4.78 is 6.60. The summed E-state index contributed by atoms with van der Waals surface area (Å²) in [5.41, 5.74) is 0.100. The average molecular weight is 398 g/mol. The fourth-order valence-corrected chi connectivity index (χ4v) is 3.93. The number of thiazole rings is 1. The molecule has 0 aliphatic carbocycles. The van der Waals surface area contributed by atoms with Crippen LogP contribution < -0.4 is 5.32 Å². The number of imidazole rings is 1. The predicted octanol–water partition coefficient (Wildman–Crippen LogP) is 2.79. The van der Waals surface area contributed by atoms with Gasteiger partial charge in [0.15, 0.2) is 22.4 Å². The van der Waals surface area contributed by atoms with Crippen LogP contribution in [0.25, 0.3) is 4.96 Å². The number of carbonyl (C=O) groups excluding carboxylic acids is 3. The van der Waals surface area contributed by atoms with E-state index in [9.17, 15) is 14.4 Å². The Morgan fingerprint density at radius 3 is 2.92 bits per heavy atom. The topological polar surface area (TPSA) is 89.8 Å². The van der Waals surface area contributed by atoms with Gasteiger partial charge in [-0.05, 0) is 12.1 Å². The molecule has 0 atom stereocenters. The molecule has 10 heteroatoms. The van der Waals surface area contributed by atoms with Gasteiger partial charge in [-0.15, -0.1) is 22.7 Å². The van der Waals surface area contributed by atoms with Gasteiger partial charge in [0.25, 0.3) is 0 Å². The van der Waals surface area contributed by atoms with Crippen LogP contribution in [0.4, 0.5) is 0 Å². The highest BCUT2D eigenvalue weighted by atomic mass is 35.5. The number of hydrogen-bond donors (Lipinski definition) is 1. The number of thiophene rings is 1. The van der Waals surface area contributed by atoms with Crippen LogP contribution in [0.3, 0.4) is 0 Å². The smallest absolute Gasteiger partial charge is 0.359 e. The van der Waals surface area contributed by atoms with Crippen molar-refractivity contribution in [1.82, 2.24) is 14.7 Å². The molecule has 0 saturated carbocycles. The van der Waals surface area contributed by atoms with Crippen LogP contribution in [0, 0.1) is 0 Å². The van der Waals surface area contributed by atoms with Gasteiger partial charge in [0.2, 0.25) is 11.7 Å². The molecule has 0 unspecified atom stereocenters. The van der Waals surface area contributed by atoms with E-state index >= 15 is 0 Å². The van der Waals surface area contributed by atoms with Gasteiger partial charge in [-0.3, -0.25) is 14.0 Å². The van der Waals surface area contributed by atoms with Gasteiger partial charge >= 0.3 is 5.97 Å². The van der Waals surface area contributed by atoms with Crippen LogP contribution in [0.15, 0.2) is 23.7 Å². The summed E-state index contributed by atoms with van der Waals surface area (Å²) in [6.07, 6.45) is 1.66. The number of ketones is 1. The molecule has 1 amide bonds. The van der Waals surface area contributed by atoms with Crippen molar-refractivity contribution in [3.8, 4) is 0 Å². The third-order valence-corrected chi connectivity index (χ3v) is 5.34. The lowest BCUT2D eigenvalue weighted by atomic mass is 10.3. The second kappa shape index (κ2) is 7.34. The van der Waals surface area contributed by atoms with Crippen LogP contribution in [0.2, 0.25) is 5.15 Å². The molecule has 0 aliphatic heterocycles. The van der Waals surface area contributed by atoms with Crippen molar-refractivity contribution < 1.29 is 19.1 Å². The Morgan fingerprint density at radius 1 is 1.36 bits per heavy atom. The standard InChI is InChI=1S/C15H12ClN3O4S2/c1-8(20)17-6-9-2-3-11(25-9)10(21)7-23-14(22)12-13(16)18-15-19(12)4-5-24-15/h2-5H,6-7H2,1H3,(H,17,20). The van der Waals surface area contributed by atoms with E-state index in [4.69, 9.17) is 16.3 Å². The number of rotatable bonds is 6. The number of nitrogens with one attached hydrogen (secondary N) is 1. The molecule has 0 aromatic carbocycles. The molecule has 0 aliphatic rings. The van der Waals surface area contributed by atoms with Crippen LogP contribution >= 0.6 is 34.3 Å². The Morgan fingerprint density at radius 2 is 2.16 bits per heavy atom. The highest BCUT2D eigenvalue weighted by Gasteiger charge is 2.21. The summed E-state index contributed by atoms with van der Waals surface area (Å²) in [5, 5.41) is 4.46. The van der Waals surface area contributed by atoms with Crippen LogP contribution in [0.1, 0.15) is 32.0 Å². The van der Waals surface area contributed by atoms with Gasteiger partial charge in [-0.25, -0.2) is 9.78 Å². The number of hydrogen-bond acceptors (Lipinski definition) is 7. The maximum atomic E-state index is 12.2. The monoisotopic (exact) mass is 397 g/mol. The molecule has 25 heavy (non-hydrogen) atoms. The minimum Gasteiger partial charge on any atom is -0.452 e. The lowest BCUT2D eigenvalue weighted by molar-refractivity contribution is -0.119. The maximum absolute atomic E-state index is 12.2. The molecular formula is C15H12ClN3O4S2. The molecule has 0 saturated heterocycles. The third-order valence-electron chi connectivity index (χ3n) is 3.20. The van der Waals surface area contributed by atoms with E-state index in [2.05, 4.69) is 10.3 Å². The van der Waals surface area contributed by atoms with Crippen molar-refractivity contribution in [3.05, 3.63) is 44.3 Å². The molecule has 3 heterocycles. The first-order valence-electron chi connectivity index (χ1n) is 7.10. The van der Waals surface area contributed by atoms with E-state index in [1.807, 2.05) is 0 Å². The van der Waals surface area contributed by atoms with Gasteiger partial charge in [0, 0.05) is 23.4 Å². The molecule has 0 radical (unpaired) electrons. The Bertz CT molecular complexity index is 959. The zero-order chi connectivity index (χ0) is 18.0. The Hall–Kier alpha value is -2.23. The van der Waals surface area contributed by atoms with E-state index in [-0.39, 0.29) is 22.5 Å². The zero-order valence-electron chi connectivity index (χ0n) is 12.9. The number of carbonyl (C=O) groups is 3. The van der Waals surface area contributed by atoms with Crippen molar-refractivity contribution in [3.63, 3.8) is 0 Å². The Kier molecular flexibility index (Phi) is 5.16. The van der Waals surface area contributed by atoms with Crippen molar-refractivity contribution in [1.29, 1.82) is 0 Å². The Labute approximate surface area is 155 Å². The van der Waals surface area contributed by atoms with Gasteiger partial charge in [-0.1, -0.05) is 11.6 Å². The minimum absolute atomic E-state index is 0.0398. The molecule has 1 N–H and O–H groups in total. The summed E-state index contributed by atoms with van der Waals surface area (Å²) in [6.45, 7) is 1.38. The first kappa shape index (κ1) is 17.6. The van der Waals surface area contributed by atoms with Gasteiger partial charge in [-0.2, -0.15) is 0 Å². The number of nitrogens with zero attached hydrogens (tertiary/aromatic N) is 2. The van der Waals surface area contributed by atoms with Crippen molar-refractivity contribution in [2.24, 2.45) is 0 Å². The largest absolute Gasteiger partial charge is 0.452 e. The SMILES string of the molecule is CC(=O)NCc1ccc(C(=O)COC(=O)c2c(Cl)nc3sccn23)s1. The number of halogens is 1.